The number of hydrogen-bond acceptors (Lipinski definition) is 7. The summed E-state index contributed by atoms with van der Waals surface area (Å²) >= 11 is 0. The minimum absolute atomic E-state index is 0.0699. The van der Waals surface area contributed by atoms with Crippen molar-refractivity contribution in [1.29, 1.82) is 0 Å². The zero-order valence-electron chi connectivity index (χ0n) is 20.9. The minimum atomic E-state index is 0.0699. The van der Waals surface area contributed by atoms with Gasteiger partial charge in [-0.25, -0.2) is 4.98 Å². The average molecular weight is 467 g/mol. The van der Waals surface area contributed by atoms with Gasteiger partial charge in [0, 0.05) is 69.7 Å². The van der Waals surface area contributed by atoms with Crippen molar-refractivity contribution in [2.24, 2.45) is 0 Å². The van der Waals surface area contributed by atoms with E-state index in [9.17, 15) is 4.79 Å². The van der Waals surface area contributed by atoms with Gasteiger partial charge in [-0.15, -0.1) is 0 Å². The first-order valence-corrected chi connectivity index (χ1v) is 12.6. The number of likely N-dealkylation sites (N-methyl/N-ethyl adjacent to an activating group) is 1. The SMILES string of the molecule is CCCCCOc1ccc(C(=O)N2CCN(c3nc(C)cc(N4CCN(C)CC4)n3)CC2)cc1. The highest BCUT2D eigenvalue weighted by Crippen LogP contribution is 2.21. The number of aromatic nitrogens is 2. The van der Waals surface area contributed by atoms with Gasteiger partial charge in [-0.3, -0.25) is 4.79 Å². The van der Waals surface area contributed by atoms with Gasteiger partial charge >= 0.3 is 0 Å². The molecule has 0 aliphatic carbocycles. The molecule has 4 rings (SSSR count). The van der Waals surface area contributed by atoms with Gasteiger partial charge in [0.25, 0.3) is 5.91 Å². The van der Waals surface area contributed by atoms with E-state index in [1.165, 1.54) is 12.8 Å². The van der Waals surface area contributed by atoms with Crippen LogP contribution < -0.4 is 14.5 Å². The summed E-state index contributed by atoms with van der Waals surface area (Å²) in [6.07, 6.45) is 3.41. The Morgan fingerprint density at radius 2 is 1.59 bits per heavy atom. The third-order valence-electron chi connectivity index (χ3n) is 6.62. The van der Waals surface area contributed by atoms with Crippen molar-refractivity contribution in [2.45, 2.75) is 33.1 Å². The molecule has 8 nitrogen and oxygen atoms in total. The molecule has 2 aliphatic rings. The molecule has 0 radical (unpaired) electrons. The van der Waals surface area contributed by atoms with Crippen LogP contribution in [0.15, 0.2) is 30.3 Å². The monoisotopic (exact) mass is 466 g/mol. The van der Waals surface area contributed by atoms with Gasteiger partial charge < -0.3 is 24.3 Å². The molecule has 1 aromatic carbocycles. The number of amides is 1. The van der Waals surface area contributed by atoms with Crippen LogP contribution >= 0.6 is 0 Å². The largest absolute Gasteiger partial charge is 0.494 e. The van der Waals surface area contributed by atoms with E-state index in [2.05, 4.69) is 34.7 Å². The van der Waals surface area contributed by atoms with Gasteiger partial charge in [0.15, 0.2) is 0 Å². The lowest BCUT2D eigenvalue weighted by molar-refractivity contribution is 0.0746. The summed E-state index contributed by atoms with van der Waals surface area (Å²) in [5.74, 6) is 2.67. The number of aryl methyl sites for hydroxylation is 1. The zero-order valence-corrected chi connectivity index (χ0v) is 20.9. The number of ether oxygens (including phenoxy) is 1. The van der Waals surface area contributed by atoms with Gasteiger partial charge in [-0.2, -0.15) is 4.98 Å². The van der Waals surface area contributed by atoms with Crippen LogP contribution in [-0.4, -0.2) is 91.7 Å². The van der Waals surface area contributed by atoms with E-state index in [0.29, 0.717) is 18.7 Å². The van der Waals surface area contributed by atoms with E-state index >= 15 is 0 Å². The molecule has 2 fully saturated rings. The van der Waals surface area contributed by atoms with Crippen LogP contribution in [0.2, 0.25) is 0 Å². The fraction of sp³-hybridized carbons (Fsp3) is 0.577. The number of rotatable bonds is 8. The first kappa shape index (κ1) is 24.3. The van der Waals surface area contributed by atoms with E-state index in [1.54, 1.807) is 0 Å². The van der Waals surface area contributed by atoms with Crippen LogP contribution in [0.3, 0.4) is 0 Å². The molecule has 0 N–H and O–H groups in total. The van der Waals surface area contributed by atoms with Crippen molar-refractivity contribution in [3.8, 4) is 5.75 Å². The number of anilines is 2. The molecular formula is C26H38N6O2. The summed E-state index contributed by atoms with van der Waals surface area (Å²) in [4.78, 5) is 31.4. The summed E-state index contributed by atoms with van der Waals surface area (Å²) in [6, 6.07) is 9.61. The highest BCUT2D eigenvalue weighted by Gasteiger charge is 2.25. The molecular weight excluding hydrogens is 428 g/mol. The summed E-state index contributed by atoms with van der Waals surface area (Å²) in [5, 5.41) is 0. The molecule has 8 heteroatoms. The highest BCUT2D eigenvalue weighted by atomic mass is 16.5. The third-order valence-corrected chi connectivity index (χ3v) is 6.62. The summed E-state index contributed by atoms with van der Waals surface area (Å²) in [5.41, 5.74) is 1.69. The molecule has 0 saturated carbocycles. The van der Waals surface area contributed by atoms with E-state index < -0.39 is 0 Å². The van der Waals surface area contributed by atoms with Crippen molar-refractivity contribution >= 4 is 17.7 Å². The van der Waals surface area contributed by atoms with Gasteiger partial charge in [-0.1, -0.05) is 19.8 Å². The fourth-order valence-corrected chi connectivity index (χ4v) is 4.40. The topological polar surface area (TPSA) is 65.0 Å². The second kappa shape index (κ2) is 11.5. The molecule has 3 heterocycles. The van der Waals surface area contributed by atoms with Crippen LogP contribution in [0.25, 0.3) is 0 Å². The van der Waals surface area contributed by atoms with E-state index in [4.69, 9.17) is 14.7 Å². The van der Waals surface area contributed by atoms with Crippen LogP contribution in [0, 0.1) is 6.92 Å². The Bertz CT molecular complexity index is 935. The Labute approximate surface area is 203 Å². The molecule has 2 saturated heterocycles. The molecule has 34 heavy (non-hydrogen) atoms. The maximum absolute atomic E-state index is 13.0. The molecule has 184 valence electrons. The smallest absolute Gasteiger partial charge is 0.253 e. The lowest BCUT2D eigenvalue weighted by atomic mass is 10.1. The van der Waals surface area contributed by atoms with Gasteiger partial charge in [0.2, 0.25) is 5.95 Å². The third kappa shape index (κ3) is 6.17. The quantitative estimate of drug-likeness (QED) is 0.554. The molecule has 1 aromatic heterocycles. The highest BCUT2D eigenvalue weighted by molar-refractivity contribution is 5.94. The van der Waals surface area contributed by atoms with E-state index in [-0.39, 0.29) is 5.91 Å². The molecule has 0 spiro atoms. The Kier molecular flexibility index (Phi) is 8.21. The van der Waals surface area contributed by atoms with Crippen LogP contribution in [0.5, 0.6) is 5.75 Å². The second-order valence-electron chi connectivity index (χ2n) is 9.32. The predicted octanol–water partition coefficient (Wildman–Crippen LogP) is 3.07. The van der Waals surface area contributed by atoms with Crippen molar-refractivity contribution in [2.75, 3.05) is 75.8 Å². The summed E-state index contributed by atoms with van der Waals surface area (Å²) in [7, 11) is 2.16. The maximum Gasteiger partial charge on any atom is 0.253 e. The number of carbonyl (C=O) groups is 1. The van der Waals surface area contributed by atoms with E-state index in [0.717, 1.165) is 75.5 Å². The van der Waals surface area contributed by atoms with Crippen molar-refractivity contribution < 1.29 is 9.53 Å². The Morgan fingerprint density at radius 1 is 0.912 bits per heavy atom. The van der Waals surface area contributed by atoms with Crippen molar-refractivity contribution in [1.82, 2.24) is 19.8 Å². The second-order valence-corrected chi connectivity index (χ2v) is 9.32. The normalized spacial score (nSPS) is 17.2. The summed E-state index contributed by atoms with van der Waals surface area (Å²) < 4.78 is 5.77. The van der Waals surface area contributed by atoms with Crippen LogP contribution in [0.4, 0.5) is 11.8 Å². The standard InChI is InChI=1S/C26H38N6O2/c1-4-5-6-19-34-23-9-7-22(8-10-23)25(33)31-15-17-32(18-16-31)26-27-21(2)20-24(28-26)30-13-11-29(3)12-14-30/h7-10,20H,4-6,11-19H2,1-3H3. The number of hydrogen-bond donors (Lipinski definition) is 0. The number of benzene rings is 1. The maximum atomic E-state index is 13.0. The van der Waals surface area contributed by atoms with Crippen molar-refractivity contribution in [3.63, 3.8) is 0 Å². The lowest BCUT2D eigenvalue weighted by Gasteiger charge is -2.36. The lowest BCUT2D eigenvalue weighted by Crippen LogP contribution is -2.49. The molecule has 2 aliphatic heterocycles. The number of unbranched alkanes of at least 4 members (excludes halogenated alkanes) is 2. The molecule has 1 amide bonds. The Hall–Kier alpha value is -2.87. The summed E-state index contributed by atoms with van der Waals surface area (Å²) in [6.45, 7) is 11.8. The first-order chi connectivity index (χ1) is 16.5. The molecule has 0 atom stereocenters. The number of nitrogens with zero attached hydrogens (tertiary/aromatic N) is 6. The average Bonchev–Trinajstić information content (AvgIpc) is 2.87. The zero-order chi connectivity index (χ0) is 23.9. The van der Waals surface area contributed by atoms with Crippen LogP contribution in [0.1, 0.15) is 42.2 Å². The van der Waals surface area contributed by atoms with Gasteiger partial charge in [0.05, 0.1) is 6.61 Å². The predicted molar refractivity (Wildman–Crippen MR) is 136 cm³/mol. The number of piperazine rings is 2. The minimum Gasteiger partial charge on any atom is -0.494 e. The first-order valence-electron chi connectivity index (χ1n) is 12.6. The molecule has 0 bridgehead atoms. The fourth-order valence-electron chi connectivity index (χ4n) is 4.40. The van der Waals surface area contributed by atoms with Crippen molar-refractivity contribution in [3.05, 3.63) is 41.6 Å². The molecule has 0 unspecified atom stereocenters. The van der Waals surface area contributed by atoms with Gasteiger partial charge in [-0.05, 0) is 44.7 Å². The number of carbonyl (C=O) groups excluding carboxylic acids is 1. The van der Waals surface area contributed by atoms with E-state index in [1.807, 2.05) is 36.1 Å². The van der Waals surface area contributed by atoms with Gasteiger partial charge in [0.1, 0.15) is 11.6 Å². The van der Waals surface area contributed by atoms with Crippen LogP contribution in [-0.2, 0) is 0 Å². The Balaban J connectivity index is 1.32. The Morgan fingerprint density at radius 3 is 2.26 bits per heavy atom. The molecule has 2 aromatic rings.